The standard InChI is InChI=1S/C12H18BrNO3/c1-15-7-8-16-5-2-6-17-10-12-4-3-11(13)9-14-12/h3-4,9H,2,5-8,10H2,1H3. The zero-order valence-electron chi connectivity index (χ0n) is 10.0. The van der Waals surface area contributed by atoms with Gasteiger partial charge in [0.05, 0.1) is 25.5 Å². The average molecular weight is 304 g/mol. The van der Waals surface area contributed by atoms with E-state index in [-0.39, 0.29) is 0 Å². The van der Waals surface area contributed by atoms with Crippen LogP contribution in [0.3, 0.4) is 0 Å². The Morgan fingerprint density at radius 3 is 2.65 bits per heavy atom. The predicted octanol–water partition coefficient (Wildman–Crippen LogP) is 2.41. The summed E-state index contributed by atoms with van der Waals surface area (Å²) in [6.07, 6.45) is 2.66. The van der Waals surface area contributed by atoms with Crippen molar-refractivity contribution in [2.75, 3.05) is 33.5 Å². The van der Waals surface area contributed by atoms with Crippen molar-refractivity contribution in [1.29, 1.82) is 0 Å². The Morgan fingerprint density at radius 2 is 1.94 bits per heavy atom. The Kier molecular flexibility index (Phi) is 8.17. The predicted molar refractivity (Wildman–Crippen MR) is 68.9 cm³/mol. The Morgan fingerprint density at radius 1 is 1.12 bits per heavy atom. The van der Waals surface area contributed by atoms with Crippen LogP contribution in [0.4, 0.5) is 0 Å². The minimum Gasteiger partial charge on any atom is -0.382 e. The van der Waals surface area contributed by atoms with Gasteiger partial charge >= 0.3 is 0 Å². The van der Waals surface area contributed by atoms with E-state index in [1.165, 1.54) is 0 Å². The molecule has 0 N–H and O–H groups in total. The molecule has 0 aromatic carbocycles. The molecule has 1 aromatic heterocycles. The lowest BCUT2D eigenvalue weighted by Gasteiger charge is -2.05. The van der Waals surface area contributed by atoms with E-state index in [1.54, 1.807) is 13.3 Å². The lowest BCUT2D eigenvalue weighted by atomic mass is 10.4. The summed E-state index contributed by atoms with van der Waals surface area (Å²) >= 11 is 3.34. The van der Waals surface area contributed by atoms with Crippen molar-refractivity contribution in [3.05, 3.63) is 28.5 Å². The van der Waals surface area contributed by atoms with Crippen LogP contribution in [0, 0.1) is 0 Å². The van der Waals surface area contributed by atoms with Crippen molar-refractivity contribution in [2.24, 2.45) is 0 Å². The van der Waals surface area contributed by atoms with Gasteiger partial charge in [-0.3, -0.25) is 4.98 Å². The molecule has 0 aliphatic carbocycles. The van der Waals surface area contributed by atoms with Crippen LogP contribution in [0.5, 0.6) is 0 Å². The van der Waals surface area contributed by atoms with Crippen molar-refractivity contribution >= 4 is 15.9 Å². The first kappa shape index (κ1) is 14.6. The second-order valence-corrected chi connectivity index (χ2v) is 4.39. The summed E-state index contributed by atoms with van der Waals surface area (Å²) in [5.74, 6) is 0. The first-order valence-electron chi connectivity index (χ1n) is 5.58. The van der Waals surface area contributed by atoms with Crippen molar-refractivity contribution in [2.45, 2.75) is 13.0 Å². The molecule has 0 saturated carbocycles. The van der Waals surface area contributed by atoms with E-state index in [9.17, 15) is 0 Å². The normalized spacial score (nSPS) is 10.7. The summed E-state index contributed by atoms with van der Waals surface area (Å²) in [7, 11) is 1.66. The first-order valence-corrected chi connectivity index (χ1v) is 6.37. The number of pyridine rings is 1. The third-order valence-corrected chi connectivity index (χ3v) is 2.52. The maximum absolute atomic E-state index is 5.48. The Hall–Kier alpha value is -0.490. The molecule has 0 fully saturated rings. The highest BCUT2D eigenvalue weighted by molar-refractivity contribution is 9.10. The van der Waals surface area contributed by atoms with Gasteiger partial charge in [0.2, 0.25) is 0 Å². The number of hydrogen-bond acceptors (Lipinski definition) is 4. The van der Waals surface area contributed by atoms with Gasteiger partial charge in [0.1, 0.15) is 0 Å². The number of aromatic nitrogens is 1. The Bertz CT molecular complexity index is 292. The molecule has 1 heterocycles. The van der Waals surface area contributed by atoms with E-state index in [4.69, 9.17) is 14.2 Å². The fourth-order valence-corrected chi connectivity index (χ4v) is 1.41. The monoisotopic (exact) mass is 303 g/mol. The minimum absolute atomic E-state index is 0.547. The molecule has 4 nitrogen and oxygen atoms in total. The molecular weight excluding hydrogens is 286 g/mol. The highest BCUT2D eigenvalue weighted by Crippen LogP contribution is 2.07. The summed E-state index contributed by atoms with van der Waals surface area (Å²) in [6.45, 7) is 3.22. The highest BCUT2D eigenvalue weighted by Gasteiger charge is 1.95. The van der Waals surface area contributed by atoms with Crippen molar-refractivity contribution in [1.82, 2.24) is 4.98 Å². The molecule has 0 bridgehead atoms. The van der Waals surface area contributed by atoms with Crippen LogP contribution in [-0.2, 0) is 20.8 Å². The lowest BCUT2D eigenvalue weighted by Crippen LogP contribution is -2.05. The SMILES string of the molecule is COCCOCCCOCc1ccc(Br)cn1. The molecule has 96 valence electrons. The quantitative estimate of drug-likeness (QED) is 0.657. The topological polar surface area (TPSA) is 40.6 Å². The third-order valence-electron chi connectivity index (χ3n) is 2.05. The number of ether oxygens (including phenoxy) is 3. The number of rotatable bonds is 9. The van der Waals surface area contributed by atoms with Gasteiger partial charge in [-0.2, -0.15) is 0 Å². The summed E-state index contributed by atoms with van der Waals surface area (Å²) in [4.78, 5) is 4.22. The molecule has 0 saturated heterocycles. The molecule has 0 amide bonds. The maximum Gasteiger partial charge on any atom is 0.0887 e. The second-order valence-electron chi connectivity index (χ2n) is 3.48. The molecule has 0 radical (unpaired) electrons. The van der Waals surface area contributed by atoms with Gasteiger partial charge in [-0.25, -0.2) is 0 Å². The zero-order chi connectivity index (χ0) is 12.3. The van der Waals surface area contributed by atoms with Crippen LogP contribution in [0.15, 0.2) is 22.8 Å². The minimum atomic E-state index is 0.547. The molecule has 0 spiro atoms. The molecule has 1 rings (SSSR count). The average Bonchev–Trinajstić information content (AvgIpc) is 2.35. The van der Waals surface area contributed by atoms with Crippen molar-refractivity contribution in [3.63, 3.8) is 0 Å². The summed E-state index contributed by atoms with van der Waals surface area (Å²) < 4.78 is 16.6. The third kappa shape index (κ3) is 7.44. The van der Waals surface area contributed by atoms with E-state index >= 15 is 0 Å². The molecule has 17 heavy (non-hydrogen) atoms. The number of nitrogens with zero attached hydrogens (tertiary/aromatic N) is 1. The molecule has 0 atom stereocenters. The van der Waals surface area contributed by atoms with Gasteiger partial charge in [-0.15, -0.1) is 0 Å². The molecule has 0 unspecified atom stereocenters. The van der Waals surface area contributed by atoms with Crippen molar-refractivity contribution < 1.29 is 14.2 Å². The van der Waals surface area contributed by atoms with Crippen LogP contribution in [0.25, 0.3) is 0 Å². The maximum atomic E-state index is 5.48. The van der Waals surface area contributed by atoms with Crippen LogP contribution < -0.4 is 0 Å². The van der Waals surface area contributed by atoms with Gasteiger partial charge in [-0.1, -0.05) is 0 Å². The van der Waals surface area contributed by atoms with E-state index in [0.717, 1.165) is 16.6 Å². The number of methoxy groups -OCH3 is 1. The molecule has 0 aliphatic heterocycles. The lowest BCUT2D eigenvalue weighted by molar-refractivity contribution is 0.0478. The molecule has 1 aromatic rings. The summed E-state index contributed by atoms with van der Waals surface area (Å²) in [6, 6.07) is 3.90. The number of hydrogen-bond donors (Lipinski definition) is 0. The van der Waals surface area contributed by atoms with Gasteiger partial charge < -0.3 is 14.2 Å². The second kappa shape index (κ2) is 9.53. The van der Waals surface area contributed by atoms with Gasteiger partial charge in [0.25, 0.3) is 0 Å². The van der Waals surface area contributed by atoms with Crippen LogP contribution in [0.2, 0.25) is 0 Å². The Labute approximate surface area is 110 Å². The smallest absolute Gasteiger partial charge is 0.0887 e. The van der Waals surface area contributed by atoms with Gasteiger partial charge in [0.15, 0.2) is 0 Å². The first-order chi connectivity index (χ1) is 8.33. The molecule has 5 heteroatoms. The molecule has 0 aliphatic rings. The summed E-state index contributed by atoms with van der Waals surface area (Å²) in [5.41, 5.74) is 0.938. The van der Waals surface area contributed by atoms with E-state index in [2.05, 4.69) is 20.9 Å². The van der Waals surface area contributed by atoms with Crippen molar-refractivity contribution in [3.8, 4) is 0 Å². The fraction of sp³-hybridized carbons (Fsp3) is 0.583. The van der Waals surface area contributed by atoms with Gasteiger partial charge in [-0.05, 0) is 34.5 Å². The largest absolute Gasteiger partial charge is 0.382 e. The van der Waals surface area contributed by atoms with E-state index in [0.29, 0.717) is 33.0 Å². The van der Waals surface area contributed by atoms with E-state index in [1.807, 2.05) is 12.1 Å². The fourth-order valence-electron chi connectivity index (χ4n) is 1.18. The van der Waals surface area contributed by atoms with Gasteiger partial charge in [0, 0.05) is 31.0 Å². The zero-order valence-corrected chi connectivity index (χ0v) is 11.6. The van der Waals surface area contributed by atoms with Crippen LogP contribution in [0.1, 0.15) is 12.1 Å². The summed E-state index contributed by atoms with van der Waals surface area (Å²) in [5, 5.41) is 0. The van der Waals surface area contributed by atoms with E-state index < -0.39 is 0 Å². The molecular formula is C12H18BrNO3. The number of halogens is 1. The highest BCUT2D eigenvalue weighted by atomic mass is 79.9. The van der Waals surface area contributed by atoms with Crippen LogP contribution in [-0.4, -0.2) is 38.5 Å². The van der Waals surface area contributed by atoms with Crippen LogP contribution >= 0.6 is 15.9 Å². The Balaban J connectivity index is 1.95.